The lowest BCUT2D eigenvalue weighted by atomic mass is 9.81. The summed E-state index contributed by atoms with van der Waals surface area (Å²) in [6.07, 6.45) is 0. The molecule has 1 aliphatic heterocycles. The lowest BCUT2D eigenvalue weighted by Crippen LogP contribution is -2.43. The summed E-state index contributed by atoms with van der Waals surface area (Å²) in [5.41, 5.74) is 2.30. The van der Waals surface area contributed by atoms with Gasteiger partial charge in [0.05, 0.1) is 23.6 Å². The van der Waals surface area contributed by atoms with Gasteiger partial charge in [0.2, 0.25) is 5.91 Å². The molecule has 0 radical (unpaired) electrons. The quantitative estimate of drug-likeness (QED) is 0.733. The van der Waals surface area contributed by atoms with Gasteiger partial charge in [-0.05, 0) is 41.3 Å². The molecule has 0 bridgehead atoms. The standard InChI is InChI=1S/C22H17N3O2S/c1-25-20(18-10-5-11-28-18)19(16-8-2-3-9-17(16)22(25)27)21(26)24-15-7-4-6-14(12-15)13-23/h2-12,19-20H,1H3,(H,24,26)/t19-,20+/m1/s1. The van der Waals surface area contributed by atoms with Gasteiger partial charge >= 0.3 is 0 Å². The zero-order valence-corrected chi connectivity index (χ0v) is 15.9. The van der Waals surface area contributed by atoms with E-state index in [4.69, 9.17) is 5.26 Å². The number of hydrogen-bond donors (Lipinski definition) is 1. The third kappa shape index (κ3) is 3.06. The molecule has 5 nitrogen and oxygen atoms in total. The molecule has 2 aromatic carbocycles. The summed E-state index contributed by atoms with van der Waals surface area (Å²) in [6.45, 7) is 0. The summed E-state index contributed by atoms with van der Waals surface area (Å²) in [7, 11) is 1.74. The average Bonchev–Trinajstić information content (AvgIpc) is 3.25. The number of anilines is 1. The number of benzene rings is 2. The van der Waals surface area contributed by atoms with E-state index in [0.717, 1.165) is 10.4 Å². The molecule has 1 N–H and O–H groups in total. The number of carbonyl (C=O) groups excluding carboxylic acids is 2. The van der Waals surface area contributed by atoms with Gasteiger partial charge in [0, 0.05) is 23.2 Å². The predicted molar refractivity (Wildman–Crippen MR) is 108 cm³/mol. The molecule has 4 rings (SSSR count). The lowest BCUT2D eigenvalue weighted by Gasteiger charge is -2.39. The number of rotatable bonds is 3. The highest BCUT2D eigenvalue weighted by Gasteiger charge is 2.43. The molecule has 1 aliphatic rings. The largest absolute Gasteiger partial charge is 0.333 e. The Morgan fingerprint density at radius 3 is 2.71 bits per heavy atom. The Bertz CT molecular complexity index is 1090. The Morgan fingerprint density at radius 1 is 1.14 bits per heavy atom. The molecule has 3 aromatic rings. The van der Waals surface area contributed by atoms with E-state index in [0.29, 0.717) is 16.8 Å². The summed E-state index contributed by atoms with van der Waals surface area (Å²) in [5.74, 6) is -0.854. The van der Waals surface area contributed by atoms with Crippen LogP contribution >= 0.6 is 11.3 Å². The fourth-order valence-electron chi connectivity index (χ4n) is 3.66. The van der Waals surface area contributed by atoms with E-state index >= 15 is 0 Å². The number of hydrogen-bond acceptors (Lipinski definition) is 4. The highest BCUT2D eigenvalue weighted by atomic mass is 32.1. The van der Waals surface area contributed by atoms with Gasteiger partial charge in [-0.15, -0.1) is 11.3 Å². The van der Waals surface area contributed by atoms with Crippen LogP contribution in [-0.4, -0.2) is 23.8 Å². The Balaban J connectivity index is 1.78. The van der Waals surface area contributed by atoms with Gasteiger partial charge in [0.25, 0.3) is 5.91 Å². The first kappa shape index (κ1) is 18.0. The third-order valence-electron chi connectivity index (χ3n) is 4.96. The van der Waals surface area contributed by atoms with E-state index in [1.54, 1.807) is 48.3 Å². The van der Waals surface area contributed by atoms with E-state index in [2.05, 4.69) is 11.4 Å². The van der Waals surface area contributed by atoms with E-state index in [1.807, 2.05) is 29.6 Å². The molecule has 0 fully saturated rings. The van der Waals surface area contributed by atoms with E-state index in [1.165, 1.54) is 11.3 Å². The van der Waals surface area contributed by atoms with Crippen LogP contribution in [0.5, 0.6) is 0 Å². The van der Waals surface area contributed by atoms with E-state index in [9.17, 15) is 9.59 Å². The molecule has 6 heteroatoms. The van der Waals surface area contributed by atoms with Crippen molar-refractivity contribution >= 4 is 28.8 Å². The lowest BCUT2D eigenvalue weighted by molar-refractivity contribution is -0.119. The molecule has 0 aliphatic carbocycles. The number of nitrogens with zero attached hydrogens (tertiary/aromatic N) is 2. The van der Waals surface area contributed by atoms with Crippen molar-refractivity contribution < 1.29 is 9.59 Å². The van der Waals surface area contributed by atoms with Crippen molar-refractivity contribution in [2.24, 2.45) is 0 Å². The fraction of sp³-hybridized carbons (Fsp3) is 0.136. The van der Waals surface area contributed by atoms with Crippen LogP contribution in [0.2, 0.25) is 0 Å². The van der Waals surface area contributed by atoms with Gasteiger partial charge in [-0.25, -0.2) is 0 Å². The van der Waals surface area contributed by atoms with Gasteiger partial charge in [-0.1, -0.05) is 30.3 Å². The van der Waals surface area contributed by atoms with Crippen molar-refractivity contribution in [3.05, 3.63) is 87.6 Å². The summed E-state index contributed by atoms with van der Waals surface area (Å²) >= 11 is 1.53. The third-order valence-corrected chi connectivity index (χ3v) is 5.90. The highest BCUT2D eigenvalue weighted by molar-refractivity contribution is 7.10. The SMILES string of the molecule is CN1C(=O)c2ccccc2[C@@H](C(=O)Nc2cccc(C#N)c2)[C@@H]1c1cccs1. The molecule has 1 aromatic heterocycles. The monoisotopic (exact) mass is 387 g/mol. The molecule has 2 heterocycles. The number of likely N-dealkylation sites (N-methyl/N-ethyl adjacent to an activating group) is 1. The van der Waals surface area contributed by atoms with Crippen molar-refractivity contribution in [3.63, 3.8) is 0 Å². The second-order valence-electron chi connectivity index (χ2n) is 6.62. The Kier molecular flexibility index (Phi) is 4.68. The minimum Gasteiger partial charge on any atom is -0.333 e. The molecular formula is C22H17N3O2S. The number of thiophene rings is 1. The van der Waals surface area contributed by atoms with Crippen LogP contribution in [0.1, 0.15) is 38.3 Å². The molecule has 2 atom stereocenters. The van der Waals surface area contributed by atoms with Crippen molar-refractivity contribution in [1.29, 1.82) is 5.26 Å². The molecule has 0 unspecified atom stereocenters. The Labute approximate surface area is 166 Å². The molecule has 0 spiro atoms. The highest BCUT2D eigenvalue weighted by Crippen LogP contribution is 2.43. The molecule has 28 heavy (non-hydrogen) atoms. The maximum atomic E-state index is 13.4. The van der Waals surface area contributed by atoms with Crippen molar-refractivity contribution in [2.45, 2.75) is 12.0 Å². The van der Waals surface area contributed by atoms with Crippen molar-refractivity contribution in [1.82, 2.24) is 4.90 Å². The summed E-state index contributed by atoms with van der Waals surface area (Å²) in [5, 5.41) is 14.0. The van der Waals surface area contributed by atoms with Gasteiger partial charge in [-0.2, -0.15) is 5.26 Å². The molecule has 0 saturated carbocycles. The molecular weight excluding hydrogens is 370 g/mol. The topological polar surface area (TPSA) is 73.2 Å². The van der Waals surface area contributed by atoms with Crippen LogP contribution in [-0.2, 0) is 4.79 Å². The van der Waals surface area contributed by atoms with Crippen molar-refractivity contribution in [2.75, 3.05) is 12.4 Å². The maximum absolute atomic E-state index is 13.4. The molecule has 138 valence electrons. The van der Waals surface area contributed by atoms with Crippen LogP contribution in [0.15, 0.2) is 66.0 Å². The fourth-order valence-corrected chi connectivity index (χ4v) is 4.56. The van der Waals surface area contributed by atoms with Gasteiger partial charge in [0.1, 0.15) is 0 Å². The van der Waals surface area contributed by atoms with Crippen LogP contribution in [0.25, 0.3) is 0 Å². The zero-order chi connectivity index (χ0) is 19.7. The number of nitrogens with one attached hydrogen (secondary N) is 1. The maximum Gasteiger partial charge on any atom is 0.254 e. The first-order valence-corrected chi connectivity index (χ1v) is 9.68. The second kappa shape index (κ2) is 7.29. The number of fused-ring (bicyclic) bond motifs is 1. The van der Waals surface area contributed by atoms with E-state index in [-0.39, 0.29) is 17.9 Å². The summed E-state index contributed by atoms with van der Waals surface area (Å²) < 4.78 is 0. The van der Waals surface area contributed by atoms with Gasteiger partial charge < -0.3 is 10.2 Å². The number of amides is 2. The predicted octanol–water partition coefficient (Wildman–Crippen LogP) is 4.17. The van der Waals surface area contributed by atoms with Crippen LogP contribution < -0.4 is 5.32 Å². The number of nitriles is 1. The molecule has 0 saturated heterocycles. The normalized spacial score (nSPS) is 18.3. The van der Waals surface area contributed by atoms with Gasteiger partial charge in [0.15, 0.2) is 0 Å². The van der Waals surface area contributed by atoms with Gasteiger partial charge in [-0.3, -0.25) is 9.59 Å². The minimum absolute atomic E-state index is 0.0930. The Hall–Kier alpha value is -3.43. The van der Waals surface area contributed by atoms with Crippen LogP contribution in [0, 0.1) is 11.3 Å². The minimum atomic E-state index is -0.553. The Morgan fingerprint density at radius 2 is 1.96 bits per heavy atom. The van der Waals surface area contributed by atoms with Crippen molar-refractivity contribution in [3.8, 4) is 6.07 Å². The molecule has 2 amide bonds. The number of carbonyl (C=O) groups is 2. The summed E-state index contributed by atoms with van der Waals surface area (Å²) in [4.78, 5) is 28.9. The van der Waals surface area contributed by atoms with E-state index < -0.39 is 5.92 Å². The van der Waals surface area contributed by atoms with Crippen LogP contribution in [0.4, 0.5) is 5.69 Å². The average molecular weight is 387 g/mol. The zero-order valence-electron chi connectivity index (χ0n) is 15.1. The second-order valence-corrected chi connectivity index (χ2v) is 7.60. The first-order chi connectivity index (χ1) is 13.6. The smallest absolute Gasteiger partial charge is 0.254 e. The first-order valence-electron chi connectivity index (χ1n) is 8.80. The van der Waals surface area contributed by atoms with Crippen LogP contribution in [0.3, 0.4) is 0 Å². The summed E-state index contributed by atoms with van der Waals surface area (Å²) in [6, 6.07) is 19.6.